The Kier molecular flexibility index (Phi) is 4.46. The van der Waals surface area contributed by atoms with E-state index in [1.54, 1.807) is 6.07 Å². The monoisotopic (exact) mass is 288 g/mol. The summed E-state index contributed by atoms with van der Waals surface area (Å²) in [6, 6.07) is 8.59. The van der Waals surface area contributed by atoms with Crippen molar-refractivity contribution in [2.75, 3.05) is 11.9 Å². The molecule has 0 atom stereocenters. The van der Waals surface area contributed by atoms with Crippen LogP contribution in [0.15, 0.2) is 34.7 Å². The second-order valence-electron chi connectivity index (χ2n) is 4.11. The molecule has 5 heteroatoms. The largest absolute Gasteiger partial charge is 0.440 e. The Morgan fingerprint density at radius 2 is 2.20 bits per heavy atom. The molecule has 4 nitrogen and oxygen atoms in total. The van der Waals surface area contributed by atoms with Gasteiger partial charge >= 0.3 is 0 Å². The molecule has 0 aliphatic rings. The van der Waals surface area contributed by atoms with E-state index in [4.69, 9.17) is 21.8 Å². The maximum absolute atomic E-state index is 12.0. The number of benzene rings is 1. The number of halogens is 1. The molecular formula is C15H13ClN2O2. The van der Waals surface area contributed by atoms with Crippen LogP contribution < -0.4 is 11.1 Å². The topological polar surface area (TPSA) is 68.3 Å². The number of carbonyl (C=O) groups excluding carboxylic acids is 1. The quantitative estimate of drug-likeness (QED) is 0.835. The Hall–Kier alpha value is -2.22. The Morgan fingerprint density at radius 1 is 1.40 bits per heavy atom. The molecule has 0 aliphatic heterocycles. The minimum absolute atomic E-state index is 0.147. The number of aryl methyl sites for hydroxylation is 1. The fourth-order valence-electron chi connectivity index (χ4n) is 1.64. The van der Waals surface area contributed by atoms with E-state index in [1.165, 1.54) is 12.1 Å². The summed E-state index contributed by atoms with van der Waals surface area (Å²) >= 11 is 5.65. The number of carbonyl (C=O) groups is 1. The van der Waals surface area contributed by atoms with Gasteiger partial charge in [-0.15, -0.1) is 0 Å². The minimum Gasteiger partial charge on any atom is -0.440 e. The van der Waals surface area contributed by atoms with Crippen molar-refractivity contribution in [1.82, 2.24) is 0 Å². The van der Waals surface area contributed by atoms with Gasteiger partial charge in [-0.3, -0.25) is 4.79 Å². The highest BCUT2D eigenvalue weighted by Gasteiger charge is 2.12. The van der Waals surface area contributed by atoms with Crippen molar-refractivity contribution in [3.8, 4) is 11.8 Å². The lowest BCUT2D eigenvalue weighted by Gasteiger charge is -2.07. The van der Waals surface area contributed by atoms with Gasteiger partial charge in [-0.2, -0.15) is 0 Å². The van der Waals surface area contributed by atoms with E-state index in [0.717, 1.165) is 5.56 Å². The standard InChI is InChI=1S/C15H13ClN2O2/c1-10-4-5-12(11(9-10)3-2-8-17)18-15(19)13-6-7-14(16)20-13/h4-7,9H,8,17H2,1H3,(H,18,19). The van der Waals surface area contributed by atoms with Gasteiger partial charge < -0.3 is 15.5 Å². The number of nitrogens with one attached hydrogen (secondary N) is 1. The highest BCUT2D eigenvalue weighted by molar-refractivity contribution is 6.29. The molecule has 1 aromatic heterocycles. The molecule has 1 heterocycles. The third-order valence-electron chi connectivity index (χ3n) is 2.55. The van der Waals surface area contributed by atoms with Gasteiger partial charge in [0.15, 0.2) is 11.0 Å². The van der Waals surface area contributed by atoms with Gasteiger partial charge in [0.25, 0.3) is 5.91 Å². The summed E-state index contributed by atoms with van der Waals surface area (Å²) in [5.41, 5.74) is 7.73. The molecular weight excluding hydrogens is 276 g/mol. The van der Waals surface area contributed by atoms with Crippen LogP contribution in [0.5, 0.6) is 0 Å². The van der Waals surface area contributed by atoms with E-state index in [0.29, 0.717) is 11.3 Å². The zero-order valence-electron chi connectivity index (χ0n) is 10.9. The Balaban J connectivity index is 2.26. The average Bonchev–Trinajstić information content (AvgIpc) is 2.85. The second kappa shape index (κ2) is 6.29. The first-order valence-electron chi connectivity index (χ1n) is 5.96. The summed E-state index contributed by atoms with van der Waals surface area (Å²) in [5, 5.41) is 2.91. The lowest BCUT2D eigenvalue weighted by molar-refractivity contribution is 0.0996. The summed E-state index contributed by atoms with van der Waals surface area (Å²) in [4.78, 5) is 12.0. The van der Waals surface area contributed by atoms with Crippen LogP contribution in [0.1, 0.15) is 21.7 Å². The normalized spacial score (nSPS) is 9.75. The lowest BCUT2D eigenvalue weighted by Crippen LogP contribution is -2.12. The van der Waals surface area contributed by atoms with E-state index in [-0.39, 0.29) is 23.4 Å². The van der Waals surface area contributed by atoms with Crippen molar-refractivity contribution < 1.29 is 9.21 Å². The molecule has 0 aliphatic carbocycles. The first-order valence-corrected chi connectivity index (χ1v) is 6.34. The summed E-state index contributed by atoms with van der Waals surface area (Å²) in [6.07, 6.45) is 0. The van der Waals surface area contributed by atoms with Gasteiger partial charge in [0.2, 0.25) is 0 Å². The van der Waals surface area contributed by atoms with Gasteiger partial charge in [-0.05, 0) is 48.4 Å². The first kappa shape index (κ1) is 14.2. The van der Waals surface area contributed by atoms with E-state index < -0.39 is 0 Å². The van der Waals surface area contributed by atoms with Crippen LogP contribution in [0.2, 0.25) is 5.22 Å². The van der Waals surface area contributed by atoms with Crippen LogP contribution in [0.4, 0.5) is 5.69 Å². The predicted molar refractivity (Wildman–Crippen MR) is 78.8 cm³/mol. The fourth-order valence-corrected chi connectivity index (χ4v) is 1.78. The minimum atomic E-state index is -0.378. The molecule has 0 spiro atoms. The van der Waals surface area contributed by atoms with E-state index in [1.807, 2.05) is 19.1 Å². The number of furan rings is 1. The van der Waals surface area contributed by atoms with Crippen LogP contribution in [0.25, 0.3) is 0 Å². The fraction of sp³-hybridized carbons (Fsp3) is 0.133. The van der Waals surface area contributed by atoms with Crippen LogP contribution in [-0.4, -0.2) is 12.5 Å². The van der Waals surface area contributed by atoms with Crippen LogP contribution >= 0.6 is 11.6 Å². The number of hydrogen-bond acceptors (Lipinski definition) is 3. The molecule has 0 saturated carbocycles. The molecule has 20 heavy (non-hydrogen) atoms. The third-order valence-corrected chi connectivity index (χ3v) is 2.75. The maximum Gasteiger partial charge on any atom is 0.291 e. The van der Waals surface area contributed by atoms with Crippen LogP contribution in [0.3, 0.4) is 0 Å². The van der Waals surface area contributed by atoms with Crippen molar-refractivity contribution in [1.29, 1.82) is 0 Å². The van der Waals surface area contributed by atoms with Gasteiger partial charge in [0.05, 0.1) is 12.2 Å². The average molecular weight is 289 g/mol. The van der Waals surface area contributed by atoms with E-state index in [2.05, 4.69) is 17.2 Å². The molecule has 2 aromatic rings. The molecule has 0 bridgehead atoms. The highest BCUT2D eigenvalue weighted by Crippen LogP contribution is 2.19. The third kappa shape index (κ3) is 3.41. The maximum atomic E-state index is 12.0. The molecule has 1 amide bonds. The summed E-state index contributed by atoms with van der Waals surface area (Å²) < 4.78 is 5.06. The lowest BCUT2D eigenvalue weighted by atomic mass is 10.1. The SMILES string of the molecule is Cc1ccc(NC(=O)c2ccc(Cl)o2)c(C#CCN)c1. The molecule has 0 radical (unpaired) electrons. The van der Waals surface area contributed by atoms with Crippen molar-refractivity contribution in [2.45, 2.75) is 6.92 Å². The summed E-state index contributed by atoms with van der Waals surface area (Å²) in [6.45, 7) is 2.21. The first-order chi connectivity index (χ1) is 9.60. The van der Waals surface area contributed by atoms with Crippen molar-refractivity contribution in [3.05, 3.63) is 52.4 Å². The highest BCUT2D eigenvalue weighted by atomic mass is 35.5. The Labute approximate surface area is 121 Å². The molecule has 1 aromatic carbocycles. The van der Waals surface area contributed by atoms with Crippen molar-refractivity contribution >= 4 is 23.2 Å². The molecule has 0 saturated heterocycles. The van der Waals surface area contributed by atoms with E-state index in [9.17, 15) is 4.79 Å². The van der Waals surface area contributed by atoms with Crippen molar-refractivity contribution in [2.24, 2.45) is 5.73 Å². The molecule has 0 fully saturated rings. The van der Waals surface area contributed by atoms with Gasteiger partial charge in [-0.1, -0.05) is 17.9 Å². The molecule has 102 valence electrons. The summed E-state index contributed by atoms with van der Waals surface area (Å²) in [7, 11) is 0. The number of hydrogen-bond donors (Lipinski definition) is 2. The Morgan fingerprint density at radius 3 is 2.85 bits per heavy atom. The molecule has 3 N–H and O–H groups in total. The Bertz CT molecular complexity index is 695. The van der Waals surface area contributed by atoms with E-state index >= 15 is 0 Å². The van der Waals surface area contributed by atoms with Gasteiger partial charge in [-0.25, -0.2) is 0 Å². The van der Waals surface area contributed by atoms with Crippen LogP contribution in [0, 0.1) is 18.8 Å². The number of anilines is 1. The molecule has 2 rings (SSSR count). The van der Waals surface area contributed by atoms with Gasteiger partial charge in [0.1, 0.15) is 0 Å². The zero-order chi connectivity index (χ0) is 14.5. The zero-order valence-corrected chi connectivity index (χ0v) is 11.6. The number of rotatable bonds is 2. The predicted octanol–water partition coefficient (Wildman–Crippen LogP) is 2.80. The smallest absolute Gasteiger partial charge is 0.291 e. The number of nitrogens with two attached hydrogens (primary N) is 1. The van der Waals surface area contributed by atoms with Crippen LogP contribution in [-0.2, 0) is 0 Å². The van der Waals surface area contributed by atoms with Gasteiger partial charge in [0, 0.05) is 5.56 Å². The molecule has 0 unspecified atom stereocenters. The second-order valence-corrected chi connectivity index (χ2v) is 4.49. The number of amides is 1. The van der Waals surface area contributed by atoms with Crippen molar-refractivity contribution in [3.63, 3.8) is 0 Å². The summed E-state index contributed by atoms with van der Waals surface area (Å²) in [5.74, 6) is 5.47.